The molecule has 1 N–H and O–H groups in total. The van der Waals surface area contributed by atoms with Gasteiger partial charge in [-0.05, 0) is 38.9 Å². The maximum Gasteiger partial charge on any atom is 0.129 e. The molecule has 0 amide bonds. The first-order valence-corrected chi connectivity index (χ1v) is 5.58. The average molecular weight is 225 g/mol. The fourth-order valence-electron chi connectivity index (χ4n) is 2.60. The molecule has 1 aliphatic rings. The first-order chi connectivity index (χ1) is 7.38. The zero-order chi connectivity index (χ0) is 12.0. The first kappa shape index (κ1) is 11.5. The molecule has 1 fully saturated rings. The van der Waals surface area contributed by atoms with Gasteiger partial charge in [0.25, 0.3) is 0 Å². The second kappa shape index (κ2) is 3.52. The summed E-state index contributed by atoms with van der Waals surface area (Å²) in [6, 6.07) is 4.07. The molecule has 16 heavy (non-hydrogen) atoms. The van der Waals surface area contributed by atoms with E-state index in [4.69, 9.17) is 0 Å². The highest BCUT2D eigenvalue weighted by atomic mass is 19.1. The summed E-state index contributed by atoms with van der Waals surface area (Å²) in [5.41, 5.74) is -0.580. The second-order valence-electron chi connectivity index (χ2n) is 5.23. The van der Waals surface area contributed by atoms with Gasteiger partial charge in [-0.3, -0.25) is 0 Å². The van der Waals surface area contributed by atoms with Crippen LogP contribution in [0.5, 0.6) is 0 Å². The van der Waals surface area contributed by atoms with E-state index in [2.05, 4.69) is 5.32 Å². The summed E-state index contributed by atoms with van der Waals surface area (Å²) in [4.78, 5) is 0. The van der Waals surface area contributed by atoms with E-state index in [1.54, 1.807) is 0 Å². The van der Waals surface area contributed by atoms with Gasteiger partial charge in [-0.15, -0.1) is 0 Å². The normalized spacial score (nSPS) is 28.3. The van der Waals surface area contributed by atoms with Gasteiger partial charge in [-0.1, -0.05) is 13.0 Å². The van der Waals surface area contributed by atoms with Crippen LogP contribution in [-0.4, -0.2) is 12.1 Å². The van der Waals surface area contributed by atoms with Crippen molar-refractivity contribution in [1.82, 2.24) is 5.32 Å². The lowest BCUT2D eigenvalue weighted by atomic mass is 9.68. The van der Waals surface area contributed by atoms with Crippen molar-refractivity contribution in [1.29, 1.82) is 0 Å². The van der Waals surface area contributed by atoms with Crippen molar-refractivity contribution in [2.75, 3.05) is 6.54 Å². The molecule has 3 heteroatoms. The van der Waals surface area contributed by atoms with Crippen molar-refractivity contribution in [3.63, 3.8) is 0 Å². The largest absolute Gasteiger partial charge is 0.311 e. The Morgan fingerprint density at radius 1 is 1.12 bits per heavy atom. The van der Waals surface area contributed by atoms with Crippen LogP contribution in [0.25, 0.3) is 0 Å². The van der Waals surface area contributed by atoms with Crippen LogP contribution < -0.4 is 5.32 Å². The molecular formula is C13H17F2N. The van der Waals surface area contributed by atoms with Crippen LogP contribution in [-0.2, 0) is 5.41 Å². The van der Waals surface area contributed by atoms with Crippen LogP contribution in [0.2, 0.25) is 0 Å². The van der Waals surface area contributed by atoms with Crippen LogP contribution in [0, 0.1) is 11.6 Å². The van der Waals surface area contributed by atoms with Crippen LogP contribution in [0.4, 0.5) is 8.78 Å². The van der Waals surface area contributed by atoms with Crippen LogP contribution in [0.15, 0.2) is 18.2 Å². The van der Waals surface area contributed by atoms with E-state index in [9.17, 15) is 8.78 Å². The second-order valence-corrected chi connectivity index (χ2v) is 5.23. The van der Waals surface area contributed by atoms with Crippen molar-refractivity contribution in [3.8, 4) is 0 Å². The van der Waals surface area contributed by atoms with Crippen molar-refractivity contribution >= 4 is 0 Å². The van der Waals surface area contributed by atoms with Crippen LogP contribution in [0.3, 0.4) is 0 Å². The highest BCUT2D eigenvalue weighted by Crippen LogP contribution is 2.43. The van der Waals surface area contributed by atoms with Crippen molar-refractivity contribution < 1.29 is 8.78 Å². The highest BCUT2D eigenvalue weighted by molar-refractivity contribution is 5.34. The van der Waals surface area contributed by atoms with Crippen molar-refractivity contribution in [3.05, 3.63) is 35.4 Å². The van der Waals surface area contributed by atoms with E-state index in [1.807, 2.05) is 20.8 Å². The Labute approximate surface area is 94.9 Å². The topological polar surface area (TPSA) is 12.0 Å². The van der Waals surface area contributed by atoms with Gasteiger partial charge in [0.05, 0.1) is 0 Å². The maximum atomic E-state index is 13.8. The lowest BCUT2D eigenvalue weighted by Gasteiger charge is -2.38. The summed E-state index contributed by atoms with van der Waals surface area (Å²) < 4.78 is 27.6. The van der Waals surface area contributed by atoms with Gasteiger partial charge in [0.15, 0.2) is 0 Å². The standard InChI is InChI=1S/C13H17F2N/c1-12(2)13(3,7-8-16-12)11-9(14)5-4-6-10(11)15/h4-6,16H,7-8H2,1-3H3. The number of rotatable bonds is 1. The van der Waals surface area contributed by atoms with Crippen LogP contribution in [0.1, 0.15) is 32.8 Å². The summed E-state index contributed by atoms with van der Waals surface area (Å²) >= 11 is 0. The van der Waals surface area contributed by atoms with E-state index in [1.165, 1.54) is 18.2 Å². The summed E-state index contributed by atoms with van der Waals surface area (Å²) in [6.07, 6.45) is 0.748. The van der Waals surface area contributed by atoms with Gasteiger partial charge in [0, 0.05) is 16.5 Å². The third-order valence-electron chi connectivity index (χ3n) is 4.09. The molecule has 0 bridgehead atoms. The fraction of sp³-hybridized carbons (Fsp3) is 0.538. The van der Waals surface area contributed by atoms with Crippen molar-refractivity contribution in [2.24, 2.45) is 0 Å². The molecule has 0 aliphatic carbocycles. The smallest absolute Gasteiger partial charge is 0.129 e. The van der Waals surface area contributed by atoms with Gasteiger partial charge < -0.3 is 5.32 Å². The Bertz CT molecular complexity index is 394. The van der Waals surface area contributed by atoms with Crippen molar-refractivity contribution in [2.45, 2.75) is 38.1 Å². The van der Waals surface area contributed by atoms with Gasteiger partial charge >= 0.3 is 0 Å². The minimum absolute atomic E-state index is 0.213. The zero-order valence-corrected chi connectivity index (χ0v) is 9.90. The molecule has 1 aromatic carbocycles. The molecule has 1 atom stereocenters. The quantitative estimate of drug-likeness (QED) is 0.774. The number of halogens is 2. The van der Waals surface area contributed by atoms with E-state index in [0.29, 0.717) is 0 Å². The summed E-state index contributed by atoms with van der Waals surface area (Å²) in [5.74, 6) is -0.890. The Morgan fingerprint density at radius 2 is 1.69 bits per heavy atom. The van der Waals surface area contributed by atoms with E-state index in [0.717, 1.165) is 13.0 Å². The minimum Gasteiger partial charge on any atom is -0.311 e. The first-order valence-electron chi connectivity index (χ1n) is 5.58. The summed E-state index contributed by atoms with van der Waals surface area (Å²) in [6.45, 7) is 6.70. The molecule has 1 nitrogen and oxygen atoms in total. The van der Waals surface area contributed by atoms with E-state index in [-0.39, 0.29) is 11.1 Å². The predicted octanol–water partition coefficient (Wildman–Crippen LogP) is 2.99. The molecule has 0 saturated carbocycles. The molecule has 1 aromatic rings. The molecule has 1 aliphatic heterocycles. The summed E-state index contributed by atoms with van der Waals surface area (Å²) in [7, 11) is 0. The molecular weight excluding hydrogens is 208 g/mol. The Hall–Kier alpha value is -0.960. The third kappa shape index (κ3) is 1.46. The van der Waals surface area contributed by atoms with Gasteiger partial charge in [0.1, 0.15) is 11.6 Å². The zero-order valence-electron chi connectivity index (χ0n) is 9.90. The summed E-state index contributed by atoms with van der Waals surface area (Å²) in [5, 5.41) is 3.31. The predicted molar refractivity (Wildman–Crippen MR) is 60.4 cm³/mol. The number of hydrogen-bond acceptors (Lipinski definition) is 1. The lowest BCUT2D eigenvalue weighted by Crippen LogP contribution is -2.48. The molecule has 1 heterocycles. The molecule has 88 valence electrons. The molecule has 1 saturated heterocycles. The maximum absolute atomic E-state index is 13.8. The Morgan fingerprint density at radius 3 is 2.12 bits per heavy atom. The monoisotopic (exact) mass is 225 g/mol. The lowest BCUT2D eigenvalue weighted by molar-refractivity contribution is 0.278. The molecule has 1 unspecified atom stereocenters. The fourth-order valence-corrected chi connectivity index (χ4v) is 2.60. The van der Waals surface area contributed by atoms with Gasteiger partial charge in [0.2, 0.25) is 0 Å². The molecule has 0 spiro atoms. The average Bonchev–Trinajstić information content (AvgIpc) is 2.41. The highest BCUT2D eigenvalue weighted by Gasteiger charge is 2.48. The SMILES string of the molecule is CC1(C)NCCC1(C)c1c(F)cccc1F. The third-order valence-corrected chi connectivity index (χ3v) is 4.09. The molecule has 0 radical (unpaired) electrons. The van der Waals surface area contributed by atoms with E-state index >= 15 is 0 Å². The van der Waals surface area contributed by atoms with Gasteiger partial charge in [-0.2, -0.15) is 0 Å². The molecule has 0 aromatic heterocycles. The Kier molecular flexibility index (Phi) is 2.54. The van der Waals surface area contributed by atoms with Crippen LogP contribution >= 0.6 is 0 Å². The molecule has 2 rings (SSSR count). The Balaban J connectivity index is 2.60. The number of benzene rings is 1. The van der Waals surface area contributed by atoms with E-state index < -0.39 is 17.0 Å². The number of nitrogens with one attached hydrogen (secondary N) is 1. The number of hydrogen-bond donors (Lipinski definition) is 1. The van der Waals surface area contributed by atoms with Gasteiger partial charge in [-0.25, -0.2) is 8.78 Å². The minimum atomic E-state index is -0.498.